The van der Waals surface area contributed by atoms with Gasteiger partial charge in [-0.15, -0.1) is 0 Å². The molecule has 2 nitrogen and oxygen atoms in total. The van der Waals surface area contributed by atoms with Crippen molar-refractivity contribution in [1.82, 2.24) is 5.32 Å². The smallest absolute Gasteiger partial charge is 0.119 e. The van der Waals surface area contributed by atoms with E-state index in [1.54, 1.807) is 0 Å². The van der Waals surface area contributed by atoms with E-state index in [4.69, 9.17) is 4.74 Å². The zero-order valence-corrected chi connectivity index (χ0v) is 12.4. The van der Waals surface area contributed by atoms with Crippen molar-refractivity contribution in [3.8, 4) is 5.75 Å². The van der Waals surface area contributed by atoms with E-state index in [0.717, 1.165) is 25.1 Å². The molecule has 0 bridgehead atoms. The number of hydrogen-bond donors (Lipinski definition) is 1. The van der Waals surface area contributed by atoms with E-state index in [2.05, 4.69) is 64.2 Å². The van der Waals surface area contributed by atoms with Crippen LogP contribution in [-0.2, 0) is 6.42 Å². The van der Waals surface area contributed by atoms with Crippen molar-refractivity contribution in [2.24, 2.45) is 0 Å². The Morgan fingerprint density at radius 2 is 1.78 bits per heavy atom. The van der Waals surface area contributed by atoms with Crippen LogP contribution in [-0.4, -0.2) is 18.2 Å². The van der Waals surface area contributed by atoms with Crippen LogP contribution in [0.4, 0.5) is 0 Å². The zero-order valence-electron chi connectivity index (χ0n) is 12.4. The fraction of sp³-hybridized carbons (Fsp3) is 0.625. The Morgan fingerprint density at radius 1 is 1.17 bits per heavy atom. The maximum atomic E-state index is 5.89. The normalized spacial score (nSPS) is 13.4. The Labute approximate surface area is 112 Å². The van der Waals surface area contributed by atoms with Gasteiger partial charge in [-0.1, -0.05) is 19.1 Å². The molecule has 1 atom stereocenters. The van der Waals surface area contributed by atoms with Crippen molar-refractivity contribution in [3.63, 3.8) is 0 Å². The summed E-state index contributed by atoms with van der Waals surface area (Å²) in [6, 6.07) is 8.39. The molecule has 2 heteroatoms. The summed E-state index contributed by atoms with van der Waals surface area (Å²) in [6.45, 7) is 11.8. The fourth-order valence-electron chi connectivity index (χ4n) is 1.75. The van der Waals surface area contributed by atoms with Crippen LogP contribution in [0, 0.1) is 0 Å². The Kier molecular flexibility index (Phi) is 5.67. The summed E-state index contributed by atoms with van der Waals surface area (Å²) in [7, 11) is 0. The first kappa shape index (κ1) is 15.0. The quantitative estimate of drug-likeness (QED) is 0.828. The topological polar surface area (TPSA) is 21.3 Å². The van der Waals surface area contributed by atoms with Gasteiger partial charge in [0.25, 0.3) is 0 Å². The van der Waals surface area contributed by atoms with Gasteiger partial charge in [-0.3, -0.25) is 0 Å². The summed E-state index contributed by atoms with van der Waals surface area (Å²) < 4.78 is 5.89. The lowest BCUT2D eigenvalue weighted by Gasteiger charge is -2.22. The zero-order chi connectivity index (χ0) is 13.6. The van der Waals surface area contributed by atoms with Crippen LogP contribution in [0.5, 0.6) is 5.75 Å². The van der Waals surface area contributed by atoms with E-state index in [9.17, 15) is 0 Å². The maximum absolute atomic E-state index is 5.89. The number of hydrogen-bond acceptors (Lipinski definition) is 2. The number of aryl methyl sites for hydroxylation is 1. The molecule has 0 radical (unpaired) electrons. The van der Waals surface area contributed by atoms with E-state index >= 15 is 0 Å². The highest BCUT2D eigenvalue weighted by Crippen LogP contribution is 2.15. The molecule has 0 aliphatic rings. The second-order valence-electron chi connectivity index (χ2n) is 5.89. The lowest BCUT2D eigenvalue weighted by atomic mass is 10.1. The Morgan fingerprint density at radius 3 is 2.28 bits per heavy atom. The molecule has 1 N–H and O–H groups in total. The van der Waals surface area contributed by atoms with E-state index in [1.165, 1.54) is 5.56 Å². The van der Waals surface area contributed by atoms with Gasteiger partial charge in [-0.2, -0.15) is 0 Å². The fourth-order valence-corrected chi connectivity index (χ4v) is 1.75. The lowest BCUT2D eigenvalue weighted by Crippen LogP contribution is -2.37. The molecule has 0 aromatic heterocycles. The molecule has 0 fully saturated rings. The van der Waals surface area contributed by atoms with Gasteiger partial charge in [0.2, 0.25) is 0 Å². The second-order valence-corrected chi connectivity index (χ2v) is 5.89. The van der Waals surface area contributed by atoms with Gasteiger partial charge in [0.15, 0.2) is 0 Å². The highest BCUT2D eigenvalue weighted by Gasteiger charge is 2.10. The molecule has 0 spiro atoms. The molecular formula is C16H27NO. The van der Waals surface area contributed by atoms with E-state index in [0.29, 0.717) is 0 Å². The van der Waals surface area contributed by atoms with Gasteiger partial charge in [-0.05, 0) is 64.8 Å². The van der Waals surface area contributed by atoms with Crippen LogP contribution in [0.2, 0.25) is 0 Å². The van der Waals surface area contributed by atoms with E-state index in [1.807, 2.05) is 0 Å². The minimum Gasteiger partial charge on any atom is -0.491 e. The van der Waals surface area contributed by atoms with Crippen LogP contribution in [0.25, 0.3) is 0 Å². The van der Waals surface area contributed by atoms with Crippen molar-refractivity contribution in [2.45, 2.75) is 59.1 Å². The minimum absolute atomic E-state index is 0.183. The van der Waals surface area contributed by atoms with Crippen molar-refractivity contribution in [2.75, 3.05) is 6.54 Å². The van der Waals surface area contributed by atoms with Gasteiger partial charge in [0.1, 0.15) is 5.75 Å². The molecule has 0 aliphatic carbocycles. The third-order valence-electron chi connectivity index (χ3n) is 2.88. The molecular weight excluding hydrogens is 222 g/mol. The number of nitrogens with one attached hydrogen (secondary N) is 1. The van der Waals surface area contributed by atoms with Gasteiger partial charge in [0.05, 0.1) is 6.10 Å². The Bertz CT molecular complexity index is 337. The highest BCUT2D eigenvalue weighted by molar-refractivity contribution is 5.27. The molecule has 1 aromatic rings. The molecule has 1 unspecified atom stereocenters. The van der Waals surface area contributed by atoms with Gasteiger partial charge in [0, 0.05) is 5.54 Å². The third-order valence-corrected chi connectivity index (χ3v) is 2.88. The molecule has 102 valence electrons. The summed E-state index contributed by atoms with van der Waals surface area (Å²) in [5, 5.41) is 3.48. The second kappa shape index (κ2) is 6.79. The van der Waals surface area contributed by atoms with Crippen molar-refractivity contribution < 1.29 is 4.74 Å². The summed E-state index contributed by atoms with van der Waals surface area (Å²) in [5.41, 5.74) is 1.53. The number of benzene rings is 1. The van der Waals surface area contributed by atoms with Gasteiger partial charge < -0.3 is 10.1 Å². The summed E-state index contributed by atoms with van der Waals surface area (Å²) in [4.78, 5) is 0. The maximum Gasteiger partial charge on any atom is 0.119 e. The van der Waals surface area contributed by atoms with Crippen LogP contribution < -0.4 is 10.1 Å². The average Bonchev–Trinajstić information content (AvgIpc) is 2.28. The number of rotatable bonds is 6. The summed E-state index contributed by atoms with van der Waals surface area (Å²) in [6.07, 6.45) is 2.34. The Hall–Kier alpha value is -1.02. The minimum atomic E-state index is 0.183. The molecule has 0 amide bonds. The summed E-state index contributed by atoms with van der Waals surface area (Å²) in [5.74, 6) is 0.968. The first-order chi connectivity index (χ1) is 8.40. The Balaban J connectivity index is 2.32. The van der Waals surface area contributed by atoms with Gasteiger partial charge >= 0.3 is 0 Å². The average molecular weight is 249 g/mol. The third kappa shape index (κ3) is 6.06. The standard InChI is InChI=1S/C16H27NO/c1-6-14-7-9-15(10-8-14)18-13(2)11-12-17-16(3,4)5/h7-10,13,17H,6,11-12H2,1-5H3. The number of ether oxygens (including phenoxy) is 1. The SMILES string of the molecule is CCc1ccc(OC(C)CCNC(C)(C)C)cc1. The highest BCUT2D eigenvalue weighted by atomic mass is 16.5. The molecule has 1 rings (SSSR count). The molecule has 0 saturated carbocycles. The van der Waals surface area contributed by atoms with Crippen LogP contribution in [0.1, 0.15) is 46.6 Å². The van der Waals surface area contributed by atoms with Crippen molar-refractivity contribution in [3.05, 3.63) is 29.8 Å². The van der Waals surface area contributed by atoms with Crippen LogP contribution in [0.3, 0.4) is 0 Å². The monoisotopic (exact) mass is 249 g/mol. The van der Waals surface area contributed by atoms with Crippen molar-refractivity contribution >= 4 is 0 Å². The van der Waals surface area contributed by atoms with Crippen molar-refractivity contribution in [1.29, 1.82) is 0 Å². The van der Waals surface area contributed by atoms with Crippen LogP contribution in [0.15, 0.2) is 24.3 Å². The lowest BCUT2D eigenvalue weighted by molar-refractivity contribution is 0.205. The summed E-state index contributed by atoms with van der Waals surface area (Å²) >= 11 is 0. The largest absolute Gasteiger partial charge is 0.491 e. The molecule has 0 heterocycles. The first-order valence-electron chi connectivity index (χ1n) is 6.91. The molecule has 0 aliphatic heterocycles. The molecule has 1 aromatic carbocycles. The van der Waals surface area contributed by atoms with E-state index in [-0.39, 0.29) is 11.6 Å². The van der Waals surface area contributed by atoms with E-state index < -0.39 is 0 Å². The van der Waals surface area contributed by atoms with Gasteiger partial charge in [-0.25, -0.2) is 0 Å². The van der Waals surface area contributed by atoms with Crippen LogP contribution >= 0.6 is 0 Å². The molecule has 0 saturated heterocycles. The molecule has 18 heavy (non-hydrogen) atoms. The predicted molar refractivity (Wildman–Crippen MR) is 78.3 cm³/mol. The predicted octanol–water partition coefficient (Wildman–Crippen LogP) is 3.79. The first-order valence-corrected chi connectivity index (χ1v) is 6.91.